The van der Waals surface area contributed by atoms with Crippen LogP contribution in [0.2, 0.25) is 5.02 Å². The van der Waals surface area contributed by atoms with Gasteiger partial charge in [-0.25, -0.2) is 4.39 Å². The molecule has 0 saturated heterocycles. The maximum atomic E-state index is 13.2. The zero-order valence-electron chi connectivity index (χ0n) is 10.0. The molecule has 0 unspecified atom stereocenters. The highest BCUT2D eigenvalue weighted by atomic mass is 35.5. The molecule has 1 fully saturated rings. The molecule has 94 valence electrons. The summed E-state index contributed by atoms with van der Waals surface area (Å²) in [4.78, 5) is 0. The maximum Gasteiger partial charge on any atom is 0.143 e. The fourth-order valence-corrected chi connectivity index (χ4v) is 2.62. The Morgan fingerprint density at radius 3 is 2.71 bits per heavy atom. The molecule has 1 nitrogen and oxygen atoms in total. The van der Waals surface area contributed by atoms with Crippen LogP contribution in [0.25, 0.3) is 0 Å². The number of hydrogen-bond donors (Lipinski definition) is 1. The second-order valence-corrected chi connectivity index (χ2v) is 5.26. The van der Waals surface area contributed by atoms with E-state index in [4.69, 9.17) is 11.6 Å². The van der Waals surface area contributed by atoms with E-state index in [9.17, 15) is 4.39 Å². The van der Waals surface area contributed by atoms with E-state index in [1.165, 1.54) is 44.6 Å². The van der Waals surface area contributed by atoms with Gasteiger partial charge in [0.2, 0.25) is 0 Å². The summed E-state index contributed by atoms with van der Waals surface area (Å²) >= 11 is 5.63. The number of nitrogens with one attached hydrogen (secondary N) is 1. The van der Waals surface area contributed by atoms with E-state index in [0.29, 0.717) is 0 Å². The van der Waals surface area contributed by atoms with Gasteiger partial charge < -0.3 is 5.32 Å². The van der Waals surface area contributed by atoms with Crippen LogP contribution in [0.5, 0.6) is 0 Å². The summed E-state index contributed by atoms with van der Waals surface area (Å²) in [6.45, 7) is 0.922. The molecule has 3 heteroatoms. The fourth-order valence-electron chi connectivity index (χ4n) is 2.50. The third kappa shape index (κ3) is 3.88. The van der Waals surface area contributed by atoms with Crippen molar-refractivity contribution in [3.8, 4) is 0 Å². The van der Waals surface area contributed by atoms with Crippen molar-refractivity contribution < 1.29 is 4.39 Å². The van der Waals surface area contributed by atoms with Crippen LogP contribution in [0.3, 0.4) is 0 Å². The van der Waals surface area contributed by atoms with E-state index < -0.39 is 0 Å². The molecule has 1 aliphatic rings. The van der Waals surface area contributed by atoms with E-state index in [0.717, 1.165) is 18.2 Å². The van der Waals surface area contributed by atoms with Gasteiger partial charge in [-0.1, -0.05) is 43.7 Å². The molecular formula is C14H19ClFN. The molecule has 0 aliphatic heterocycles. The van der Waals surface area contributed by atoms with Gasteiger partial charge in [0, 0.05) is 12.2 Å². The summed E-state index contributed by atoms with van der Waals surface area (Å²) in [5.41, 5.74) is 0.822. The van der Waals surface area contributed by atoms with Crippen LogP contribution in [0, 0.1) is 11.7 Å². The first-order chi connectivity index (χ1) is 8.25. The van der Waals surface area contributed by atoms with Gasteiger partial charge in [-0.05, 0) is 30.5 Å². The first-order valence-electron chi connectivity index (χ1n) is 6.44. The van der Waals surface area contributed by atoms with Crippen LogP contribution >= 0.6 is 11.6 Å². The first kappa shape index (κ1) is 12.7. The Labute approximate surface area is 107 Å². The van der Waals surface area contributed by atoms with Gasteiger partial charge in [0.25, 0.3) is 0 Å². The van der Waals surface area contributed by atoms with Gasteiger partial charge in [0.1, 0.15) is 5.82 Å². The van der Waals surface area contributed by atoms with Gasteiger partial charge in [-0.2, -0.15) is 0 Å². The molecule has 1 saturated carbocycles. The van der Waals surface area contributed by atoms with Crippen molar-refractivity contribution >= 4 is 17.3 Å². The maximum absolute atomic E-state index is 13.2. The normalized spacial score (nSPS) is 17.1. The van der Waals surface area contributed by atoms with Gasteiger partial charge >= 0.3 is 0 Å². The van der Waals surface area contributed by atoms with Crippen molar-refractivity contribution in [2.45, 2.75) is 38.5 Å². The van der Waals surface area contributed by atoms with Crippen LogP contribution in [-0.4, -0.2) is 6.54 Å². The first-order valence-corrected chi connectivity index (χ1v) is 6.82. The zero-order valence-corrected chi connectivity index (χ0v) is 10.8. The van der Waals surface area contributed by atoms with Crippen LogP contribution in [0.15, 0.2) is 18.2 Å². The molecule has 2 rings (SSSR count). The van der Waals surface area contributed by atoms with Crippen LogP contribution in [0.1, 0.15) is 38.5 Å². The molecular weight excluding hydrogens is 237 g/mol. The van der Waals surface area contributed by atoms with Crippen LogP contribution < -0.4 is 5.32 Å². The fraction of sp³-hybridized carbons (Fsp3) is 0.571. The van der Waals surface area contributed by atoms with Gasteiger partial charge in [-0.3, -0.25) is 0 Å². The van der Waals surface area contributed by atoms with Crippen molar-refractivity contribution in [1.82, 2.24) is 0 Å². The number of hydrogen-bond acceptors (Lipinski definition) is 1. The number of anilines is 1. The molecule has 17 heavy (non-hydrogen) atoms. The number of halogens is 2. The highest BCUT2D eigenvalue weighted by Gasteiger charge is 2.12. The molecule has 0 radical (unpaired) electrons. The Hall–Kier alpha value is -0.760. The molecule has 0 atom stereocenters. The Kier molecular flexibility index (Phi) is 4.66. The van der Waals surface area contributed by atoms with Gasteiger partial charge in [-0.15, -0.1) is 0 Å². The Bertz CT molecular complexity index is 361. The van der Waals surface area contributed by atoms with Crippen LogP contribution in [-0.2, 0) is 0 Å². The zero-order chi connectivity index (χ0) is 12.1. The van der Waals surface area contributed by atoms with Crippen molar-refractivity contribution in [2.24, 2.45) is 5.92 Å². The topological polar surface area (TPSA) is 12.0 Å². The summed E-state index contributed by atoms with van der Waals surface area (Å²) in [5, 5.41) is 3.44. The van der Waals surface area contributed by atoms with Crippen molar-refractivity contribution in [3.63, 3.8) is 0 Å². The van der Waals surface area contributed by atoms with E-state index in [-0.39, 0.29) is 10.8 Å². The number of rotatable bonds is 4. The molecule has 0 spiro atoms. The molecule has 1 N–H and O–H groups in total. The molecule has 1 aliphatic carbocycles. The molecule has 0 amide bonds. The summed E-state index contributed by atoms with van der Waals surface area (Å²) in [5.74, 6) is 0.503. The second kappa shape index (κ2) is 6.25. The van der Waals surface area contributed by atoms with E-state index in [1.54, 1.807) is 6.07 Å². The second-order valence-electron chi connectivity index (χ2n) is 4.85. The SMILES string of the molecule is Fc1cc(NCCC2CCCCC2)ccc1Cl. The number of benzene rings is 1. The highest BCUT2D eigenvalue weighted by molar-refractivity contribution is 6.30. The van der Waals surface area contributed by atoms with Gasteiger partial charge in [0.15, 0.2) is 0 Å². The lowest BCUT2D eigenvalue weighted by Crippen LogP contribution is -2.12. The van der Waals surface area contributed by atoms with Crippen molar-refractivity contribution in [2.75, 3.05) is 11.9 Å². The monoisotopic (exact) mass is 255 g/mol. The summed E-state index contributed by atoms with van der Waals surface area (Å²) in [6, 6.07) is 4.88. The Morgan fingerprint density at radius 2 is 2.00 bits per heavy atom. The minimum absolute atomic E-state index is 0.183. The van der Waals surface area contributed by atoms with E-state index >= 15 is 0 Å². The largest absolute Gasteiger partial charge is 0.385 e. The Balaban J connectivity index is 1.75. The lowest BCUT2D eigenvalue weighted by molar-refractivity contribution is 0.345. The van der Waals surface area contributed by atoms with Crippen LogP contribution in [0.4, 0.5) is 10.1 Å². The summed E-state index contributed by atoms with van der Waals surface area (Å²) in [7, 11) is 0. The quantitative estimate of drug-likeness (QED) is 0.810. The average Bonchev–Trinajstić information content (AvgIpc) is 2.35. The lowest BCUT2D eigenvalue weighted by atomic mass is 9.87. The van der Waals surface area contributed by atoms with E-state index in [1.807, 2.05) is 6.07 Å². The third-order valence-corrected chi connectivity index (χ3v) is 3.83. The van der Waals surface area contributed by atoms with E-state index in [2.05, 4.69) is 5.32 Å². The van der Waals surface area contributed by atoms with Gasteiger partial charge in [0.05, 0.1) is 5.02 Å². The molecule has 1 aromatic carbocycles. The molecule has 0 heterocycles. The smallest absolute Gasteiger partial charge is 0.143 e. The Morgan fingerprint density at radius 1 is 1.24 bits per heavy atom. The molecule has 0 bridgehead atoms. The predicted molar refractivity (Wildman–Crippen MR) is 71.1 cm³/mol. The average molecular weight is 256 g/mol. The summed E-state index contributed by atoms with van der Waals surface area (Å²) in [6.07, 6.45) is 8.05. The predicted octanol–water partition coefficient (Wildman–Crippen LogP) is 4.86. The minimum Gasteiger partial charge on any atom is -0.385 e. The molecule has 0 aromatic heterocycles. The third-order valence-electron chi connectivity index (χ3n) is 3.53. The minimum atomic E-state index is -0.352. The van der Waals surface area contributed by atoms with Crippen molar-refractivity contribution in [3.05, 3.63) is 29.0 Å². The molecule has 1 aromatic rings. The summed E-state index contributed by atoms with van der Waals surface area (Å²) < 4.78 is 13.2. The van der Waals surface area contributed by atoms with Crippen molar-refractivity contribution in [1.29, 1.82) is 0 Å². The highest BCUT2D eigenvalue weighted by Crippen LogP contribution is 2.26. The lowest BCUT2D eigenvalue weighted by Gasteiger charge is -2.21. The standard InChI is InChI=1S/C14H19ClFN/c15-13-7-6-12(10-14(13)16)17-9-8-11-4-2-1-3-5-11/h6-7,10-11,17H,1-5,8-9H2.